The van der Waals surface area contributed by atoms with Gasteiger partial charge in [0.05, 0.1) is 26.4 Å². The van der Waals surface area contributed by atoms with Crippen LogP contribution in [0.25, 0.3) is 0 Å². The SMILES string of the molecule is C=CCOC(COCCO)OC. The van der Waals surface area contributed by atoms with Crippen molar-refractivity contribution in [3.8, 4) is 0 Å². The van der Waals surface area contributed by atoms with E-state index >= 15 is 0 Å². The smallest absolute Gasteiger partial charge is 0.180 e. The topological polar surface area (TPSA) is 47.9 Å². The van der Waals surface area contributed by atoms with Gasteiger partial charge in [-0.2, -0.15) is 0 Å². The Labute approximate surface area is 72.7 Å². The van der Waals surface area contributed by atoms with Crippen LogP contribution < -0.4 is 0 Å². The summed E-state index contributed by atoms with van der Waals surface area (Å²) in [4.78, 5) is 0. The Morgan fingerprint density at radius 1 is 1.58 bits per heavy atom. The summed E-state index contributed by atoms with van der Waals surface area (Å²) in [7, 11) is 1.54. The second-order valence-electron chi connectivity index (χ2n) is 2.09. The van der Waals surface area contributed by atoms with Gasteiger partial charge in [-0.3, -0.25) is 0 Å². The Kier molecular flexibility index (Phi) is 8.37. The lowest BCUT2D eigenvalue weighted by Crippen LogP contribution is -2.22. The van der Waals surface area contributed by atoms with Crippen molar-refractivity contribution in [2.45, 2.75) is 6.29 Å². The minimum Gasteiger partial charge on any atom is -0.394 e. The van der Waals surface area contributed by atoms with E-state index in [1.165, 1.54) is 7.11 Å². The van der Waals surface area contributed by atoms with Crippen molar-refractivity contribution in [3.63, 3.8) is 0 Å². The second-order valence-corrected chi connectivity index (χ2v) is 2.09. The molecule has 0 spiro atoms. The van der Waals surface area contributed by atoms with E-state index in [-0.39, 0.29) is 12.9 Å². The molecule has 0 rings (SSSR count). The molecule has 0 aromatic heterocycles. The first-order valence-electron chi connectivity index (χ1n) is 3.79. The summed E-state index contributed by atoms with van der Waals surface area (Å²) < 4.78 is 15.1. The standard InChI is InChI=1S/C8H16O4/c1-3-5-12-8(10-2)7-11-6-4-9/h3,8-9H,1,4-7H2,2H3. The van der Waals surface area contributed by atoms with E-state index in [4.69, 9.17) is 19.3 Å². The lowest BCUT2D eigenvalue weighted by molar-refractivity contribution is -0.151. The van der Waals surface area contributed by atoms with E-state index in [1.807, 2.05) is 0 Å². The Bertz CT molecular complexity index is 105. The van der Waals surface area contributed by atoms with Crippen LogP contribution in [0.5, 0.6) is 0 Å². The number of hydrogen-bond donors (Lipinski definition) is 1. The van der Waals surface area contributed by atoms with Gasteiger partial charge in [0.25, 0.3) is 0 Å². The molecule has 1 N–H and O–H groups in total. The van der Waals surface area contributed by atoms with Crippen molar-refractivity contribution < 1.29 is 19.3 Å². The summed E-state index contributed by atoms with van der Waals surface area (Å²) in [6.07, 6.45) is 1.26. The molecule has 0 aromatic carbocycles. The van der Waals surface area contributed by atoms with Crippen molar-refractivity contribution in [1.82, 2.24) is 0 Å². The molecule has 0 bridgehead atoms. The highest BCUT2D eigenvalue weighted by Gasteiger charge is 2.05. The third-order valence-corrected chi connectivity index (χ3v) is 1.15. The number of aliphatic hydroxyl groups is 1. The minimum atomic E-state index is -0.380. The first kappa shape index (κ1) is 11.6. The van der Waals surface area contributed by atoms with Crippen LogP contribution in [0.1, 0.15) is 0 Å². The molecule has 0 amide bonds. The van der Waals surface area contributed by atoms with Crippen molar-refractivity contribution in [2.75, 3.05) is 33.5 Å². The van der Waals surface area contributed by atoms with Crippen molar-refractivity contribution in [3.05, 3.63) is 12.7 Å². The van der Waals surface area contributed by atoms with Crippen molar-refractivity contribution in [1.29, 1.82) is 0 Å². The maximum Gasteiger partial charge on any atom is 0.180 e. The summed E-state index contributed by atoms with van der Waals surface area (Å²) in [5, 5.41) is 8.41. The van der Waals surface area contributed by atoms with Gasteiger partial charge in [-0.15, -0.1) is 6.58 Å². The Morgan fingerprint density at radius 2 is 2.33 bits per heavy atom. The van der Waals surface area contributed by atoms with Gasteiger partial charge >= 0.3 is 0 Å². The van der Waals surface area contributed by atoms with E-state index < -0.39 is 0 Å². The number of ether oxygens (including phenoxy) is 3. The van der Waals surface area contributed by atoms with Gasteiger partial charge in [-0.1, -0.05) is 6.08 Å². The zero-order valence-corrected chi connectivity index (χ0v) is 7.36. The summed E-state index contributed by atoms with van der Waals surface area (Å²) in [6, 6.07) is 0. The van der Waals surface area contributed by atoms with Gasteiger partial charge in [0, 0.05) is 7.11 Å². The fraction of sp³-hybridized carbons (Fsp3) is 0.750. The van der Waals surface area contributed by atoms with Crippen LogP contribution in [0.2, 0.25) is 0 Å². The quantitative estimate of drug-likeness (QED) is 0.325. The third-order valence-electron chi connectivity index (χ3n) is 1.15. The van der Waals surface area contributed by atoms with Gasteiger partial charge in [-0.05, 0) is 0 Å². The molecule has 12 heavy (non-hydrogen) atoms. The van der Waals surface area contributed by atoms with Crippen molar-refractivity contribution >= 4 is 0 Å². The highest BCUT2D eigenvalue weighted by molar-refractivity contribution is 4.64. The van der Waals surface area contributed by atoms with Crippen LogP contribution >= 0.6 is 0 Å². The molecule has 0 radical (unpaired) electrons. The van der Waals surface area contributed by atoms with E-state index in [0.29, 0.717) is 19.8 Å². The van der Waals surface area contributed by atoms with E-state index in [1.54, 1.807) is 6.08 Å². The predicted molar refractivity (Wildman–Crippen MR) is 44.9 cm³/mol. The summed E-state index contributed by atoms with van der Waals surface area (Å²) in [5.74, 6) is 0. The first-order valence-corrected chi connectivity index (χ1v) is 3.79. The lowest BCUT2D eigenvalue weighted by atomic mass is 10.6. The van der Waals surface area contributed by atoms with Gasteiger partial charge in [0.2, 0.25) is 0 Å². The van der Waals surface area contributed by atoms with E-state index in [0.717, 1.165) is 0 Å². The predicted octanol–water partition coefficient (Wildman–Crippen LogP) is 0.170. The monoisotopic (exact) mass is 176 g/mol. The minimum absolute atomic E-state index is 0.0118. The molecule has 0 aliphatic heterocycles. The van der Waals surface area contributed by atoms with Crippen LogP contribution in [-0.4, -0.2) is 44.9 Å². The van der Waals surface area contributed by atoms with Crippen LogP contribution in [0.15, 0.2) is 12.7 Å². The zero-order valence-electron chi connectivity index (χ0n) is 7.36. The average Bonchev–Trinajstić information content (AvgIpc) is 2.11. The molecule has 0 fully saturated rings. The molecular weight excluding hydrogens is 160 g/mol. The summed E-state index contributed by atoms with van der Waals surface area (Å²) in [6.45, 7) is 4.57. The molecule has 0 heterocycles. The second kappa shape index (κ2) is 8.67. The summed E-state index contributed by atoms with van der Waals surface area (Å²) in [5.41, 5.74) is 0. The van der Waals surface area contributed by atoms with Gasteiger partial charge in [-0.25, -0.2) is 0 Å². The molecule has 0 aliphatic carbocycles. The lowest BCUT2D eigenvalue weighted by Gasteiger charge is -2.14. The van der Waals surface area contributed by atoms with Crippen molar-refractivity contribution in [2.24, 2.45) is 0 Å². The third kappa shape index (κ3) is 6.30. The first-order chi connectivity index (χ1) is 5.85. The van der Waals surface area contributed by atoms with E-state index in [9.17, 15) is 0 Å². The fourth-order valence-electron chi connectivity index (χ4n) is 0.604. The Hall–Kier alpha value is -0.420. The van der Waals surface area contributed by atoms with Crippen LogP contribution in [0, 0.1) is 0 Å². The zero-order chi connectivity index (χ0) is 9.23. The highest BCUT2D eigenvalue weighted by atomic mass is 16.7. The highest BCUT2D eigenvalue weighted by Crippen LogP contribution is 1.94. The number of aliphatic hydroxyl groups excluding tert-OH is 1. The Balaban J connectivity index is 3.32. The molecule has 0 aliphatic rings. The molecule has 1 atom stereocenters. The fourth-order valence-corrected chi connectivity index (χ4v) is 0.604. The molecule has 0 aromatic rings. The maximum absolute atomic E-state index is 8.41. The Morgan fingerprint density at radius 3 is 2.83 bits per heavy atom. The number of methoxy groups -OCH3 is 1. The normalized spacial score (nSPS) is 12.8. The van der Waals surface area contributed by atoms with E-state index in [2.05, 4.69) is 6.58 Å². The van der Waals surface area contributed by atoms with Crippen LogP contribution in [0.4, 0.5) is 0 Å². The molecular formula is C8H16O4. The van der Waals surface area contributed by atoms with Gasteiger partial charge in [0.1, 0.15) is 0 Å². The van der Waals surface area contributed by atoms with Crippen LogP contribution in [-0.2, 0) is 14.2 Å². The molecule has 0 saturated carbocycles. The molecule has 72 valence electrons. The molecule has 0 saturated heterocycles. The number of rotatable bonds is 8. The van der Waals surface area contributed by atoms with Gasteiger partial charge in [0.15, 0.2) is 6.29 Å². The number of hydrogen-bond acceptors (Lipinski definition) is 4. The summed E-state index contributed by atoms with van der Waals surface area (Å²) >= 11 is 0. The molecule has 1 unspecified atom stereocenters. The average molecular weight is 176 g/mol. The largest absolute Gasteiger partial charge is 0.394 e. The van der Waals surface area contributed by atoms with Gasteiger partial charge < -0.3 is 19.3 Å². The van der Waals surface area contributed by atoms with Crippen LogP contribution in [0.3, 0.4) is 0 Å². The maximum atomic E-state index is 8.41. The molecule has 4 heteroatoms. The molecule has 4 nitrogen and oxygen atoms in total.